The number of hydrogen-bond acceptors (Lipinski definition) is 19. The number of carboxylic acid groups (broad SMARTS) is 1. The fourth-order valence-electron chi connectivity index (χ4n) is 10.1. The van der Waals surface area contributed by atoms with Gasteiger partial charge in [-0.15, -0.1) is 35.3 Å². The number of benzene rings is 1. The Morgan fingerprint density at radius 2 is 1.49 bits per heavy atom. The summed E-state index contributed by atoms with van der Waals surface area (Å²) >= 11 is 3.45. The van der Waals surface area contributed by atoms with Crippen molar-refractivity contribution in [3.63, 3.8) is 0 Å². The van der Waals surface area contributed by atoms with Gasteiger partial charge in [-0.05, 0) is 70.2 Å². The molecular formula is C54H74N8O17S3. The molecule has 5 heterocycles. The maximum Gasteiger partial charge on any atom is 0.318 e. The monoisotopic (exact) mass is 1200 g/mol. The number of H-pyrrole nitrogens is 1. The highest BCUT2D eigenvalue weighted by atomic mass is 32.2. The Hall–Kier alpha value is -5.91. The van der Waals surface area contributed by atoms with Crippen LogP contribution in [0.25, 0.3) is 10.9 Å². The number of Topliss-reactive ketones (excluding diaryl/α,β-unsaturated/α-hetero) is 4. The summed E-state index contributed by atoms with van der Waals surface area (Å²) in [6.45, 7) is 4.24. The van der Waals surface area contributed by atoms with Crippen LogP contribution in [-0.4, -0.2) is 201 Å². The van der Waals surface area contributed by atoms with Crippen LogP contribution < -0.4 is 31.9 Å². The van der Waals surface area contributed by atoms with Crippen LogP contribution in [0.5, 0.6) is 0 Å². The van der Waals surface area contributed by atoms with Crippen molar-refractivity contribution in [1.82, 2.24) is 41.8 Å². The van der Waals surface area contributed by atoms with E-state index in [1.54, 1.807) is 18.2 Å². The summed E-state index contributed by atoms with van der Waals surface area (Å²) in [5.74, 6) is -10.9. The van der Waals surface area contributed by atoms with Crippen LogP contribution in [0.1, 0.15) is 103 Å². The van der Waals surface area contributed by atoms with Crippen LogP contribution in [0.3, 0.4) is 0 Å². The van der Waals surface area contributed by atoms with Gasteiger partial charge in [-0.2, -0.15) is 0 Å². The Bertz CT molecular complexity index is 2770. The van der Waals surface area contributed by atoms with Gasteiger partial charge in [0.05, 0.1) is 47.4 Å². The number of hydrogen-bond donors (Lipinski definition) is 12. The van der Waals surface area contributed by atoms with Gasteiger partial charge in [0.2, 0.25) is 41.4 Å². The van der Waals surface area contributed by atoms with Crippen molar-refractivity contribution in [2.24, 2.45) is 11.8 Å². The first-order valence-corrected chi connectivity index (χ1v) is 30.4. The Balaban J connectivity index is 1.22. The van der Waals surface area contributed by atoms with E-state index in [1.807, 2.05) is 0 Å². The molecular weight excluding hydrogens is 1130 g/mol. The molecule has 450 valence electrons. The lowest BCUT2D eigenvalue weighted by Gasteiger charge is -2.30. The second-order valence-electron chi connectivity index (χ2n) is 21.8. The van der Waals surface area contributed by atoms with Crippen LogP contribution >= 0.6 is 35.3 Å². The fourth-order valence-corrected chi connectivity index (χ4v) is 14.1. The smallest absolute Gasteiger partial charge is 0.318 e. The van der Waals surface area contributed by atoms with Crippen LogP contribution in [-0.2, 0) is 70.4 Å². The van der Waals surface area contributed by atoms with Crippen molar-refractivity contribution in [2.45, 2.75) is 168 Å². The number of aliphatic carboxylic acids is 1. The van der Waals surface area contributed by atoms with Crippen LogP contribution in [0.4, 0.5) is 0 Å². The van der Waals surface area contributed by atoms with E-state index in [1.165, 1.54) is 51.2 Å². The quantitative estimate of drug-likeness (QED) is 0.0747. The summed E-state index contributed by atoms with van der Waals surface area (Å²) in [6.07, 6.45) is -4.10. The van der Waals surface area contributed by atoms with Gasteiger partial charge in [-0.1, -0.05) is 6.07 Å². The molecule has 1 aromatic carbocycles. The minimum Gasteiger partial charge on any atom is -0.480 e. The lowest BCUT2D eigenvalue weighted by Crippen LogP contribution is -2.57. The molecule has 1 aromatic heterocycles. The zero-order chi connectivity index (χ0) is 60.2. The Labute approximate surface area is 485 Å². The highest BCUT2D eigenvalue weighted by molar-refractivity contribution is 8.20. The van der Waals surface area contributed by atoms with E-state index in [4.69, 9.17) is 0 Å². The van der Waals surface area contributed by atoms with Gasteiger partial charge in [-0.25, -0.2) is 0 Å². The highest BCUT2D eigenvalue weighted by Crippen LogP contribution is 2.38. The number of fused-ring (bicyclic) bond motifs is 5. The number of rotatable bonds is 19. The first-order valence-electron chi connectivity index (χ1n) is 27.3. The third-order valence-corrected chi connectivity index (χ3v) is 19.0. The molecule has 7 amide bonds. The first-order chi connectivity index (χ1) is 38.7. The van der Waals surface area contributed by atoms with E-state index in [-0.39, 0.29) is 94.2 Å². The van der Waals surface area contributed by atoms with E-state index in [0.717, 1.165) is 16.7 Å². The van der Waals surface area contributed by atoms with Crippen molar-refractivity contribution >= 4 is 117 Å². The largest absolute Gasteiger partial charge is 0.480 e. The molecule has 2 aromatic rings. The van der Waals surface area contributed by atoms with Gasteiger partial charge >= 0.3 is 5.97 Å². The number of aromatic amines is 1. The predicted molar refractivity (Wildman–Crippen MR) is 301 cm³/mol. The fraction of sp³-hybridized carbons (Fsp3) is 0.630. The lowest BCUT2D eigenvalue weighted by atomic mass is 9.89. The minimum atomic E-state index is -1.95. The van der Waals surface area contributed by atoms with Gasteiger partial charge in [0.25, 0.3) is 0 Å². The number of nitrogens with zero attached hydrogens (tertiary/aromatic N) is 1. The van der Waals surface area contributed by atoms with Gasteiger partial charge in [0.15, 0.2) is 11.6 Å². The Kier molecular flexibility index (Phi) is 23.5. The summed E-state index contributed by atoms with van der Waals surface area (Å²) < 4.78 is 0. The number of aromatic nitrogens is 1. The SMILES string of the molecule is CC(O)[C@@H]1CC(=O)[C@H](C)NC(=O)[C@H](C[C@@](C)(O)CO)NC(=O)[C@H]2CC(=O)[C@H](C)NC(=O)[C@@H]3C[C@@H](O)CN3C(=O)[C@@H](CSc3[nH]c4ccc(CC(=O)CCCNC(=O)CCCC(=O)CCNC(=O)C5SCSC5C(=O)O)cc4c3C2)NC1=O. The molecule has 12 N–H and O–H groups in total. The molecule has 25 nitrogen and oxygen atoms in total. The van der Waals surface area contributed by atoms with Crippen molar-refractivity contribution in [3.8, 4) is 0 Å². The molecule has 28 heteroatoms. The van der Waals surface area contributed by atoms with E-state index >= 15 is 0 Å². The molecule has 82 heavy (non-hydrogen) atoms. The Morgan fingerprint density at radius 1 is 0.805 bits per heavy atom. The van der Waals surface area contributed by atoms with Crippen LogP contribution in [0.2, 0.25) is 0 Å². The summed E-state index contributed by atoms with van der Waals surface area (Å²) in [5.41, 5.74) is -0.476. The average molecular weight is 1200 g/mol. The van der Waals surface area contributed by atoms with E-state index in [2.05, 4.69) is 36.9 Å². The zero-order valence-electron chi connectivity index (χ0n) is 46.1. The number of amides is 7. The number of thioether (sulfide) groups is 3. The van der Waals surface area contributed by atoms with Gasteiger partial charge in [0, 0.05) is 105 Å². The molecule has 0 radical (unpaired) electrons. The summed E-state index contributed by atoms with van der Waals surface area (Å²) in [5, 5.41) is 67.6. The first kappa shape index (κ1) is 65.2. The molecule has 6 rings (SSSR count). The summed E-state index contributed by atoms with van der Waals surface area (Å²) in [7, 11) is 0. The number of carboxylic acids is 1. The zero-order valence-corrected chi connectivity index (χ0v) is 48.6. The van der Waals surface area contributed by atoms with Crippen LogP contribution in [0.15, 0.2) is 23.2 Å². The average Bonchev–Trinajstić information content (AvgIpc) is 3.86. The molecule has 2 fully saturated rings. The maximum absolute atomic E-state index is 14.8. The number of carbonyl (C=O) groups is 12. The third-order valence-electron chi connectivity index (χ3n) is 14.9. The second-order valence-corrected chi connectivity index (χ2v) is 25.4. The lowest BCUT2D eigenvalue weighted by molar-refractivity contribution is -0.143. The number of aliphatic hydroxyl groups is 4. The molecule has 2 bridgehead atoms. The van der Waals surface area contributed by atoms with E-state index < -0.39 is 149 Å². The topological polar surface area (TPSA) is 397 Å². The third kappa shape index (κ3) is 17.8. The number of carbonyl (C=O) groups excluding carboxylic acids is 11. The Morgan fingerprint density at radius 3 is 2.18 bits per heavy atom. The number of nitrogens with one attached hydrogen (secondary N) is 7. The number of ketones is 4. The predicted octanol–water partition coefficient (Wildman–Crippen LogP) is -1.05. The maximum atomic E-state index is 14.8. The minimum absolute atomic E-state index is 0.0314. The van der Waals surface area contributed by atoms with E-state index in [9.17, 15) is 83.1 Å². The second kappa shape index (κ2) is 29.6. The van der Waals surface area contributed by atoms with Gasteiger partial charge < -0.3 is 67.3 Å². The summed E-state index contributed by atoms with van der Waals surface area (Å²) in [4.78, 5) is 166. The highest BCUT2D eigenvalue weighted by Gasteiger charge is 2.45. The van der Waals surface area contributed by atoms with Crippen molar-refractivity contribution in [2.75, 3.05) is 37.1 Å². The molecule has 4 aliphatic heterocycles. The van der Waals surface area contributed by atoms with Gasteiger partial charge in [-0.3, -0.25) is 57.5 Å². The summed E-state index contributed by atoms with van der Waals surface area (Å²) in [6, 6.07) is -1.85. The number of aliphatic hydroxyl groups excluding tert-OH is 3. The van der Waals surface area contributed by atoms with Gasteiger partial charge in [0.1, 0.15) is 40.2 Å². The molecule has 4 aliphatic rings. The van der Waals surface area contributed by atoms with Crippen molar-refractivity contribution in [1.29, 1.82) is 0 Å². The normalized spacial score (nSPS) is 27.2. The van der Waals surface area contributed by atoms with Crippen molar-refractivity contribution < 1.29 is 83.1 Å². The molecule has 2 saturated heterocycles. The standard InChI is InChI=1S/C54H74N8O17S3/c1-26-41(68)18-30-17-36-35-16-29(15-32(66)8-6-13-55-43(70)9-5-7-31(65)12-14-56-50(75)44-45(53(77)78)82-25-81-44)10-11-37(35)61-51(36)80-23-39(52(76)62-22-33(67)19-40(62)49(74)58-26)60-47(72)34(28(3)64)20-42(69)27(2)57-48(73)38(59-46(30)71)21-54(4,79)24-63/h10-11,16,26-28,30,33-34,38-40,44-45,61,63-64,67,79H,5-9,12-15,17-25H2,1-4H3,(H,55,70)(H,56,75)(H,57,73)(H,58,74)(H,59,71)(H,60,72)(H,77,78)/t26-,27-,28?,30+,33+,34-,38-,39+,40-,44?,45?,54+/m0/s1. The molecule has 0 saturated carbocycles. The van der Waals surface area contributed by atoms with Crippen LogP contribution in [0, 0.1) is 11.8 Å². The molecule has 3 unspecified atom stereocenters. The molecule has 0 spiro atoms. The molecule has 12 atom stereocenters. The molecule has 0 aliphatic carbocycles. The van der Waals surface area contributed by atoms with E-state index in [0.29, 0.717) is 38.6 Å². The van der Waals surface area contributed by atoms with Crippen molar-refractivity contribution in [3.05, 3.63) is 29.3 Å².